The lowest BCUT2D eigenvalue weighted by Crippen LogP contribution is -2.28. The Hall–Kier alpha value is -1.61. The fourth-order valence-corrected chi connectivity index (χ4v) is 3.16. The number of aromatic nitrogens is 1. The summed E-state index contributed by atoms with van der Waals surface area (Å²) in [4.78, 5) is 7.08. The van der Waals surface area contributed by atoms with Crippen LogP contribution in [0.4, 0.5) is 5.69 Å². The van der Waals surface area contributed by atoms with Gasteiger partial charge in [0.1, 0.15) is 0 Å². The van der Waals surface area contributed by atoms with Gasteiger partial charge in [-0.2, -0.15) is 0 Å². The lowest BCUT2D eigenvalue weighted by molar-refractivity contribution is 0.556. The predicted molar refractivity (Wildman–Crippen MR) is 84.9 cm³/mol. The Labute approximate surface area is 120 Å². The van der Waals surface area contributed by atoms with Gasteiger partial charge in [0.15, 0.2) is 0 Å². The van der Waals surface area contributed by atoms with Crippen LogP contribution in [0.1, 0.15) is 37.7 Å². The van der Waals surface area contributed by atoms with E-state index in [1.54, 1.807) is 0 Å². The molecule has 1 aromatic heterocycles. The van der Waals surface area contributed by atoms with Crippen LogP contribution in [0.2, 0.25) is 0 Å². The van der Waals surface area contributed by atoms with Gasteiger partial charge in [-0.25, -0.2) is 0 Å². The summed E-state index contributed by atoms with van der Waals surface area (Å²) in [5.74, 6) is 0. The average Bonchev–Trinajstić information content (AvgIpc) is 2.46. The standard InChI is InChI=1S/C17H23N3/c18-12-14-13-19-16-9-5-4-8-15(16)17(14)20-10-6-2-1-3-7-11-20/h4-5,8-9,13H,1-3,6-7,10-12,18H2. The van der Waals surface area contributed by atoms with E-state index in [0.29, 0.717) is 6.54 Å². The SMILES string of the molecule is NCc1cnc2ccccc2c1N1CCCCCCC1. The molecule has 0 atom stereocenters. The van der Waals surface area contributed by atoms with E-state index in [1.807, 2.05) is 6.20 Å². The molecule has 3 nitrogen and oxygen atoms in total. The first-order valence-electron chi connectivity index (χ1n) is 7.72. The zero-order valence-corrected chi connectivity index (χ0v) is 12.0. The molecule has 2 aromatic rings. The molecular weight excluding hydrogens is 246 g/mol. The van der Waals surface area contributed by atoms with Crippen LogP contribution in [0.3, 0.4) is 0 Å². The highest BCUT2D eigenvalue weighted by Gasteiger charge is 2.16. The van der Waals surface area contributed by atoms with E-state index in [4.69, 9.17) is 5.73 Å². The molecule has 0 radical (unpaired) electrons. The normalized spacial score (nSPS) is 16.9. The topological polar surface area (TPSA) is 42.1 Å². The number of pyridine rings is 1. The predicted octanol–water partition coefficient (Wildman–Crippen LogP) is 3.46. The van der Waals surface area contributed by atoms with Crippen molar-refractivity contribution in [2.45, 2.75) is 38.6 Å². The summed E-state index contributed by atoms with van der Waals surface area (Å²) in [7, 11) is 0. The Morgan fingerprint density at radius 1 is 1.00 bits per heavy atom. The fraction of sp³-hybridized carbons (Fsp3) is 0.471. The van der Waals surface area contributed by atoms with Crippen molar-refractivity contribution in [1.29, 1.82) is 0 Å². The first-order valence-corrected chi connectivity index (χ1v) is 7.72. The average molecular weight is 269 g/mol. The molecule has 0 unspecified atom stereocenters. The molecule has 1 fully saturated rings. The lowest BCUT2D eigenvalue weighted by atomic mass is 10.0. The van der Waals surface area contributed by atoms with Gasteiger partial charge in [-0.15, -0.1) is 0 Å². The molecule has 0 spiro atoms. The van der Waals surface area contributed by atoms with E-state index in [0.717, 1.165) is 18.6 Å². The van der Waals surface area contributed by atoms with Gasteiger partial charge in [0, 0.05) is 36.8 Å². The molecule has 3 heteroatoms. The van der Waals surface area contributed by atoms with Crippen molar-refractivity contribution in [2.75, 3.05) is 18.0 Å². The van der Waals surface area contributed by atoms with Gasteiger partial charge in [-0.05, 0) is 18.9 Å². The quantitative estimate of drug-likeness (QED) is 0.907. The van der Waals surface area contributed by atoms with Crippen molar-refractivity contribution in [3.63, 3.8) is 0 Å². The Morgan fingerprint density at radius 3 is 2.45 bits per heavy atom. The summed E-state index contributed by atoms with van der Waals surface area (Å²) in [6, 6.07) is 8.41. The third kappa shape index (κ3) is 2.63. The molecule has 1 aromatic carbocycles. The monoisotopic (exact) mass is 269 g/mol. The minimum Gasteiger partial charge on any atom is -0.371 e. The maximum absolute atomic E-state index is 5.95. The fourth-order valence-electron chi connectivity index (χ4n) is 3.16. The molecule has 106 valence electrons. The van der Waals surface area contributed by atoms with Crippen LogP contribution in [0.25, 0.3) is 10.9 Å². The molecule has 1 saturated heterocycles. The largest absolute Gasteiger partial charge is 0.371 e. The minimum atomic E-state index is 0.559. The van der Waals surface area contributed by atoms with Gasteiger partial charge < -0.3 is 10.6 Å². The highest BCUT2D eigenvalue weighted by Crippen LogP contribution is 2.30. The van der Waals surface area contributed by atoms with Gasteiger partial charge in [0.05, 0.1) is 11.2 Å². The second kappa shape index (κ2) is 6.23. The molecule has 2 N–H and O–H groups in total. The van der Waals surface area contributed by atoms with Crippen LogP contribution in [0.15, 0.2) is 30.5 Å². The summed E-state index contributed by atoms with van der Waals surface area (Å²) in [6.07, 6.45) is 8.58. The number of rotatable bonds is 2. The van der Waals surface area contributed by atoms with Gasteiger partial charge in [-0.1, -0.05) is 37.5 Å². The van der Waals surface area contributed by atoms with Gasteiger partial charge in [0.25, 0.3) is 0 Å². The molecule has 1 aliphatic rings. The molecule has 20 heavy (non-hydrogen) atoms. The van der Waals surface area contributed by atoms with Crippen LogP contribution < -0.4 is 10.6 Å². The summed E-state index contributed by atoms with van der Waals surface area (Å²) >= 11 is 0. The van der Waals surface area contributed by atoms with Crippen molar-refractivity contribution < 1.29 is 0 Å². The van der Waals surface area contributed by atoms with Crippen molar-refractivity contribution in [3.8, 4) is 0 Å². The summed E-state index contributed by atoms with van der Waals surface area (Å²) in [5, 5.41) is 1.25. The highest BCUT2D eigenvalue weighted by molar-refractivity contribution is 5.93. The third-order valence-corrected chi connectivity index (χ3v) is 4.22. The molecule has 2 heterocycles. The van der Waals surface area contributed by atoms with E-state index in [9.17, 15) is 0 Å². The van der Waals surface area contributed by atoms with E-state index in [1.165, 1.54) is 48.7 Å². The number of hydrogen-bond acceptors (Lipinski definition) is 3. The molecule has 0 aliphatic carbocycles. The highest BCUT2D eigenvalue weighted by atomic mass is 15.1. The van der Waals surface area contributed by atoms with Crippen LogP contribution >= 0.6 is 0 Å². The summed E-state index contributed by atoms with van der Waals surface area (Å²) in [5.41, 5.74) is 9.51. The van der Waals surface area contributed by atoms with E-state index >= 15 is 0 Å². The van der Waals surface area contributed by atoms with Gasteiger partial charge in [-0.3, -0.25) is 4.98 Å². The van der Waals surface area contributed by atoms with Crippen molar-refractivity contribution >= 4 is 16.6 Å². The van der Waals surface area contributed by atoms with Gasteiger partial charge >= 0.3 is 0 Å². The van der Waals surface area contributed by atoms with Crippen LogP contribution in [0.5, 0.6) is 0 Å². The molecule has 0 amide bonds. The summed E-state index contributed by atoms with van der Waals surface area (Å²) < 4.78 is 0. The van der Waals surface area contributed by atoms with Gasteiger partial charge in [0.2, 0.25) is 0 Å². The third-order valence-electron chi connectivity index (χ3n) is 4.22. The first-order chi connectivity index (χ1) is 9.90. The number of anilines is 1. The number of hydrogen-bond donors (Lipinski definition) is 1. The number of nitrogens with two attached hydrogens (primary N) is 1. The summed E-state index contributed by atoms with van der Waals surface area (Å²) in [6.45, 7) is 2.84. The van der Waals surface area contributed by atoms with Crippen LogP contribution in [-0.2, 0) is 6.54 Å². The molecular formula is C17H23N3. The number of nitrogens with zero attached hydrogens (tertiary/aromatic N) is 2. The second-order valence-corrected chi connectivity index (χ2v) is 5.61. The van der Waals surface area contributed by atoms with Crippen LogP contribution in [-0.4, -0.2) is 18.1 Å². The van der Waals surface area contributed by atoms with Crippen molar-refractivity contribution in [2.24, 2.45) is 5.73 Å². The minimum absolute atomic E-state index is 0.559. The number of para-hydroxylation sites is 1. The smallest absolute Gasteiger partial charge is 0.0723 e. The Bertz CT molecular complexity index is 571. The molecule has 0 bridgehead atoms. The Morgan fingerprint density at radius 2 is 1.70 bits per heavy atom. The lowest BCUT2D eigenvalue weighted by Gasteiger charge is -2.29. The Balaban J connectivity index is 2.06. The number of benzene rings is 1. The zero-order chi connectivity index (χ0) is 13.8. The van der Waals surface area contributed by atoms with Crippen molar-refractivity contribution in [3.05, 3.63) is 36.0 Å². The molecule has 3 rings (SSSR count). The number of fused-ring (bicyclic) bond motifs is 1. The first kappa shape index (κ1) is 13.4. The Kier molecular flexibility index (Phi) is 4.16. The van der Waals surface area contributed by atoms with E-state index in [2.05, 4.69) is 34.1 Å². The molecule has 0 saturated carbocycles. The maximum atomic E-state index is 5.95. The van der Waals surface area contributed by atoms with Crippen LogP contribution in [0, 0.1) is 0 Å². The zero-order valence-electron chi connectivity index (χ0n) is 12.0. The maximum Gasteiger partial charge on any atom is 0.0723 e. The second-order valence-electron chi connectivity index (χ2n) is 5.61. The van der Waals surface area contributed by atoms with Crippen molar-refractivity contribution in [1.82, 2.24) is 4.98 Å². The molecule has 1 aliphatic heterocycles. The van der Waals surface area contributed by atoms with E-state index in [-0.39, 0.29) is 0 Å². The van der Waals surface area contributed by atoms with E-state index < -0.39 is 0 Å².